The third-order valence-electron chi connectivity index (χ3n) is 4.30. The van der Waals surface area contributed by atoms with Crippen LogP contribution in [0.4, 0.5) is 0 Å². The molecule has 0 saturated carbocycles. The molecule has 0 spiro atoms. The third-order valence-corrected chi connectivity index (χ3v) is 4.30. The molecule has 2 N–H and O–H groups in total. The SMILES string of the molecule is Cc1cc(C)n(Cc2cccc(C(=O)NC3CCNCC3)c2)n1. The molecule has 23 heavy (non-hydrogen) atoms. The Hall–Kier alpha value is -2.14. The van der Waals surface area contributed by atoms with Crippen molar-refractivity contribution in [3.05, 3.63) is 52.8 Å². The number of carbonyl (C=O) groups is 1. The van der Waals surface area contributed by atoms with Gasteiger partial charge in [-0.2, -0.15) is 5.10 Å². The molecule has 0 radical (unpaired) electrons. The number of nitrogens with zero attached hydrogens (tertiary/aromatic N) is 2. The molecule has 1 aromatic heterocycles. The number of nitrogens with one attached hydrogen (secondary N) is 2. The Morgan fingerprint density at radius 3 is 2.78 bits per heavy atom. The predicted octanol–water partition coefficient (Wildman–Crippen LogP) is 2.03. The highest BCUT2D eigenvalue weighted by Gasteiger charge is 2.16. The molecule has 1 aliphatic heterocycles. The van der Waals surface area contributed by atoms with E-state index >= 15 is 0 Å². The van der Waals surface area contributed by atoms with Gasteiger partial charge in [0.15, 0.2) is 0 Å². The van der Waals surface area contributed by atoms with E-state index in [-0.39, 0.29) is 11.9 Å². The average Bonchev–Trinajstić information content (AvgIpc) is 2.86. The summed E-state index contributed by atoms with van der Waals surface area (Å²) >= 11 is 0. The molecule has 2 heterocycles. The first-order chi connectivity index (χ1) is 11.1. The van der Waals surface area contributed by atoms with Gasteiger partial charge in [-0.15, -0.1) is 0 Å². The van der Waals surface area contributed by atoms with Crippen molar-refractivity contribution in [2.24, 2.45) is 0 Å². The molecule has 122 valence electrons. The summed E-state index contributed by atoms with van der Waals surface area (Å²) in [5.41, 5.74) is 3.96. The van der Waals surface area contributed by atoms with E-state index in [1.807, 2.05) is 42.8 Å². The van der Waals surface area contributed by atoms with Crippen LogP contribution in [0.25, 0.3) is 0 Å². The zero-order valence-corrected chi connectivity index (χ0v) is 13.8. The van der Waals surface area contributed by atoms with Crippen LogP contribution in [0.15, 0.2) is 30.3 Å². The summed E-state index contributed by atoms with van der Waals surface area (Å²) in [6, 6.07) is 10.2. The Balaban J connectivity index is 1.69. The van der Waals surface area contributed by atoms with Crippen molar-refractivity contribution in [1.82, 2.24) is 20.4 Å². The zero-order valence-electron chi connectivity index (χ0n) is 13.8. The molecule has 1 saturated heterocycles. The lowest BCUT2D eigenvalue weighted by molar-refractivity contribution is 0.0929. The maximum atomic E-state index is 12.4. The summed E-state index contributed by atoms with van der Waals surface area (Å²) in [7, 11) is 0. The maximum Gasteiger partial charge on any atom is 0.251 e. The van der Waals surface area contributed by atoms with Crippen LogP contribution in [0.2, 0.25) is 0 Å². The van der Waals surface area contributed by atoms with Crippen LogP contribution in [0.3, 0.4) is 0 Å². The van der Waals surface area contributed by atoms with Gasteiger partial charge in [-0.1, -0.05) is 12.1 Å². The molecule has 1 aliphatic rings. The molecule has 3 rings (SSSR count). The van der Waals surface area contributed by atoms with Crippen molar-refractivity contribution in [3.8, 4) is 0 Å². The summed E-state index contributed by atoms with van der Waals surface area (Å²) < 4.78 is 1.97. The number of aryl methyl sites for hydroxylation is 2. The van der Waals surface area contributed by atoms with Crippen LogP contribution < -0.4 is 10.6 Å². The van der Waals surface area contributed by atoms with Crippen molar-refractivity contribution in [3.63, 3.8) is 0 Å². The summed E-state index contributed by atoms with van der Waals surface area (Å²) in [6.45, 7) is 6.68. The third kappa shape index (κ3) is 3.99. The van der Waals surface area contributed by atoms with E-state index in [1.165, 1.54) is 0 Å². The summed E-state index contributed by atoms with van der Waals surface area (Å²) in [6.07, 6.45) is 1.99. The van der Waals surface area contributed by atoms with Gasteiger partial charge in [-0.25, -0.2) is 0 Å². The first-order valence-electron chi connectivity index (χ1n) is 8.23. The smallest absolute Gasteiger partial charge is 0.251 e. The van der Waals surface area contributed by atoms with Crippen LogP contribution in [0.1, 0.15) is 40.2 Å². The molecule has 5 nitrogen and oxygen atoms in total. The lowest BCUT2D eigenvalue weighted by Gasteiger charge is -2.23. The maximum absolute atomic E-state index is 12.4. The topological polar surface area (TPSA) is 59.0 Å². The van der Waals surface area contributed by atoms with Crippen LogP contribution >= 0.6 is 0 Å². The largest absolute Gasteiger partial charge is 0.349 e. The van der Waals surface area contributed by atoms with Gasteiger partial charge in [-0.3, -0.25) is 9.48 Å². The minimum absolute atomic E-state index is 0.0205. The van der Waals surface area contributed by atoms with E-state index in [2.05, 4.69) is 21.8 Å². The van der Waals surface area contributed by atoms with Gasteiger partial charge in [0.1, 0.15) is 0 Å². The van der Waals surface area contributed by atoms with E-state index in [0.29, 0.717) is 6.54 Å². The Morgan fingerprint density at radius 2 is 2.09 bits per heavy atom. The fraction of sp³-hybridized carbons (Fsp3) is 0.444. The fourth-order valence-corrected chi connectivity index (χ4v) is 3.05. The normalized spacial score (nSPS) is 15.6. The Kier molecular flexibility index (Phi) is 4.76. The lowest BCUT2D eigenvalue weighted by Crippen LogP contribution is -2.42. The van der Waals surface area contributed by atoms with Crippen molar-refractivity contribution in [2.45, 2.75) is 39.3 Å². The van der Waals surface area contributed by atoms with Crippen LogP contribution in [0.5, 0.6) is 0 Å². The van der Waals surface area contributed by atoms with E-state index in [0.717, 1.165) is 48.4 Å². The van der Waals surface area contributed by atoms with Crippen molar-refractivity contribution in [1.29, 1.82) is 0 Å². The van der Waals surface area contributed by atoms with Gasteiger partial charge in [-0.05, 0) is 63.5 Å². The number of rotatable bonds is 4. The minimum atomic E-state index is 0.0205. The summed E-state index contributed by atoms with van der Waals surface area (Å²) in [5.74, 6) is 0.0205. The quantitative estimate of drug-likeness (QED) is 0.908. The highest BCUT2D eigenvalue weighted by atomic mass is 16.1. The van der Waals surface area contributed by atoms with Gasteiger partial charge in [0.25, 0.3) is 5.91 Å². The van der Waals surface area contributed by atoms with Crippen molar-refractivity contribution >= 4 is 5.91 Å². The number of benzene rings is 1. The number of carbonyl (C=O) groups excluding carboxylic acids is 1. The molecular formula is C18H24N4O. The summed E-state index contributed by atoms with van der Waals surface area (Å²) in [4.78, 5) is 12.4. The van der Waals surface area contributed by atoms with Crippen molar-refractivity contribution < 1.29 is 4.79 Å². The average molecular weight is 312 g/mol. The lowest BCUT2D eigenvalue weighted by atomic mass is 10.1. The second-order valence-corrected chi connectivity index (χ2v) is 6.28. The number of hydrogen-bond donors (Lipinski definition) is 2. The monoisotopic (exact) mass is 312 g/mol. The van der Waals surface area contributed by atoms with Gasteiger partial charge in [0, 0.05) is 17.3 Å². The highest BCUT2D eigenvalue weighted by molar-refractivity contribution is 5.94. The van der Waals surface area contributed by atoms with E-state index < -0.39 is 0 Å². The Bertz CT molecular complexity index is 686. The number of hydrogen-bond acceptors (Lipinski definition) is 3. The van der Waals surface area contributed by atoms with Crippen LogP contribution in [-0.4, -0.2) is 34.8 Å². The van der Waals surface area contributed by atoms with Crippen LogP contribution in [-0.2, 0) is 6.54 Å². The van der Waals surface area contributed by atoms with Gasteiger partial charge < -0.3 is 10.6 Å². The fourth-order valence-electron chi connectivity index (χ4n) is 3.05. The molecule has 1 fully saturated rings. The molecule has 2 aromatic rings. The zero-order chi connectivity index (χ0) is 16.2. The first kappa shape index (κ1) is 15.7. The minimum Gasteiger partial charge on any atom is -0.349 e. The summed E-state index contributed by atoms with van der Waals surface area (Å²) in [5, 5.41) is 10.9. The highest BCUT2D eigenvalue weighted by Crippen LogP contribution is 2.11. The van der Waals surface area contributed by atoms with Gasteiger partial charge >= 0.3 is 0 Å². The first-order valence-corrected chi connectivity index (χ1v) is 8.23. The Labute approximate surface area is 137 Å². The molecule has 0 atom stereocenters. The Morgan fingerprint density at radius 1 is 1.30 bits per heavy atom. The standard InChI is InChI=1S/C18H24N4O/c1-13-10-14(2)22(21-13)12-15-4-3-5-16(11-15)18(23)20-17-6-8-19-9-7-17/h3-5,10-11,17,19H,6-9,12H2,1-2H3,(H,20,23). The predicted molar refractivity (Wildman–Crippen MR) is 90.6 cm³/mol. The molecule has 0 aliphatic carbocycles. The second kappa shape index (κ2) is 6.96. The molecular weight excluding hydrogens is 288 g/mol. The molecule has 5 heteroatoms. The molecule has 1 amide bonds. The molecule has 0 unspecified atom stereocenters. The van der Waals surface area contributed by atoms with E-state index in [1.54, 1.807) is 0 Å². The number of aromatic nitrogens is 2. The van der Waals surface area contributed by atoms with E-state index in [4.69, 9.17) is 0 Å². The second-order valence-electron chi connectivity index (χ2n) is 6.28. The van der Waals surface area contributed by atoms with E-state index in [9.17, 15) is 4.79 Å². The number of piperidine rings is 1. The molecule has 0 bridgehead atoms. The molecule has 1 aromatic carbocycles. The van der Waals surface area contributed by atoms with Gasteiger partial charge in [0.05, 0.1) is 12.2 Å². The number of amides is 1. The van der Waals surface area contributed by atoms with Crippen LogP contribution in [0, 0.1) is 13.8 Å². The van der Waals surface area contributed by atoms with Gasteiger partial charge in [0.2, 0.25) is 0 Å². The van der Waals surface area contributed by atoms with Crippen molar-refractivity contribution in [2.75, 3.05) is 13.1 Å².